The van der Waals surface area contributed by atoms with Gasteiger partial charge in [-0.1, -0.05) is 0 Å². The summed E-state index contributed by atoms with van der Waals surface area (Å²) in [5.74, 6) is -0.408. The fraction of sp³-hybridized carbons (Fsp3) is 0.267. The van der Waals surface area contributed by atoms with Gasteiger partial charge in [-0.2, -0.15) is 0 Å². The fourth-order valence-corrected chi connectivity index (χ4v) is 2.43. The summed E-state index contributed by atoms with van der Waals surface area (Å²) in [5.41, 5.74) is 1.91. The average Bonchev–Trinajstić information content (AvgIpc) is 2.92. The Hall–Kier alpha value is -2.41. The lowest BCUT2D eigenvalue weighted by Gasteiger charge is -2.17. The summed E-state index contributed by atoms with van der Waals surface area (Å²) in [4.78, 5) is 29.3. The number of benzene rings is 1. The number of aromatic nitrogens is 1. The van der Waals surface area contributed by atoms with Crippen molar-refractivity contribution < 1.29 is 14.3 Å². The predicted molar refractivity (Wildman–Crippen MR) is 85.1 cm³/mol. The van der Waals surface area contributed by atoms with Crippen molar-refractivity contribution in [3.05, 3.63) is 45.9 Å². The SMILES string of the molecule is COC(=O)c1ccc(NC(=O)N(C)Cc2csc(C)n2)cc1. The van der Waals surface area contributed by atoms with E-state index in [0.717, 1.165) is 10.7 Å². The largest absolute Gasteiger partial charge is 0.465 e. The maximum Gasteiger partial charge on any atom is 0.337 e. The van der Waals surface area contributed by atoms with Crippen molar-refractivity contribution in [2.75, 3.05) is 19.5 Å². The van der Waals surface area contributed by atoms with Gasteiger partial charge in [-0.25, -0.2) is 14.6 Å². The first kappa shape index (κ1) is 16.0. The lowest BCUT2D eigenvalue weighted by Crippen LogP contribution is -2.30. The Labute approximate surface area is 132 Å². The predicted octanol–water partition coefficient (Wildman–Crippen LogP) is 2.90. The zero-order valence-electron chi connectivity index (χ0n) is 12.6. The monoisotopic (exact) mass is 319 g/mol. The summed E-state index contributed by atoms with van der Waals surface area (Å²) in [5, 5.41) is 5.67. The number of esters is 1. The summed E-state index contributed by atoms with van der Waals surface area (Å²) in [6, 6.07) is 6.28. The van der Waals surface area contributed by atoms with Crippen LogP contribution in [0.25, 0.3) is 0 Å². The summed E-state index contributed by atoms with van der Waals surface area (Å²) in [6.45, 7) is 2.37. The van der Waals surface area contributed by atoms with Crippen molar-refractivity contribution in [1.82, 2.24) is 9.88 Å². The first-order chi connectivity index (χ1) is 10.5. The van der Waals surface area contributed by atoms with Gasteiger partial charge >= 0.3 is 12.0 Å². The number of amides is 2. The van der Waals surface area contributed by atoms with Gasteiger partial charge in [0, 0.05) is 18.1 Å². The molecule has 1 N–H and O–H groups in total. The highest BCUT2D eigenvalue weighted by Gasteiger charge is 2.11. The van der Waals surface area contributed by atoms with Gasteiger partial charge in [0.15, 0.2) is 0 Å². The van der Waals surface area contributed by atoms with E-state index in [9.17, 15) is 9.59 Å². The van der Waals surface area contributed by atoms with Crippen molar-refractivity contribution in [3.63, 3.8) is 0 Å². The van der Waals surface area contributed by atoms with Crippen LogP contribution in [-0.2, 0) is 11.3 Å². The van der Waals surface area contributed by atoms with E-state index in [1.54, 1.807) is 47.5 Å². The molecule has 0 spiro atoms. The van der Waals surface area contributed by atoms with Crippen molar-refractivity contribution in [2.24, 2.45) is 0 Å². The highest BCUT2D eigenvalue weighted by Crippen LogP contribution is 2.13. The maximum absolute atomic E-state index is 12.1. The molecule has 7 heteroatoms. The van der Waals surface area contributed by atoms with Crippen LogP contribution in [0.3, 0.4) is 0 Å². The molecule has 0 bridgehead atoms. The number of hydrogen-bond acceptors (Lipinski definition) is 5. The van der Waals surface area contributed by atoms with E-state index in [-0.39, 0.29) is 6.03 Å². The van der Waals surface area contributed by atoms with Gasteiger partial charge in [0.25, 0.3) is 0 Å². The van der Waals surface area contributed by atoms with Crippen molar-refractivity contribution in [1.29, 1.82) is 0 Å². The molecule has 2 amide bonds. The third kappa shape index (κ3) is 4.05. The number of urea groups is 1. The molecular formula is C15H17N3O3S. The lowest BCUT2D eigenvalue weighted by atomic mass is 10.2. The zero-order chi connectivity index (χ0) is 16.1. The molecule has 0 aliphatic rings. The number of anilines is 1. The van der Waals surface area contributed by atoms with Crippen LogP contribution in [0.15, 0.2) is 29.6 Å². The van der Waals surface area contributed by atoms with E-state index in [1.807, 2.05) is 12.3 Å². The Morgan fingerprint density at radius 1 is 1.32 bits per heavy atom. The summed E-state index contributed by atoms with van der Waals surface area (Å²) in [6.07, 6.45) is 0. The summed E-state index contributed by atoms with van der Waals surface area (Å²) < 4.78 is 4.62. The second-order valence-corrected chi connectivity index (χ2v) is 5.78. The molecule has 0 saturated heterocycles. The molecule has 0 aliphatic carbocycles. The maximum atomic E-state index is 12.1. The van der Waals surface area contributed by atoms with E-state index >= 15 is 0 Å². The number of methoxy groups -OCH3 is 1. The number of hydrogen-bond donors (Lipinski definition) is 1. The average molecular weight is 319 g/mol. The molecule has 2 aromatic rings. The van der Waals surface area contributed by atoms with Crippen LogP contribution < -0.4 is 5.32 Å². The number of carbonyl (C=O) groups is 2. The van der Waals surface area contributed by atoms with Gasteiger partial charge in [0.2, 0.25) is 0 Å². The molecule has 0 radical (unpaired) electrons. The minimum absolute atomic E-state index is 0.239. The number of ether oxygens (including phenoxy) is 1. The topological polar surface area (TPSA) is 71.5 Å². The van der Waals surface area contributed by atoms with E-state index in [0.29, 0.717) is 17.8 Å². The molecule has 0 saturated carbocycles. The quantitative estimate of drug-likeness (QED) is 0.880. The smallest absolute Gasteiger partial charge is 0.337 e. The van der Waals surface area contributed by atoms with Gasteiger partial charge in [-0.15, -0.1) is 11.3 Å². The van der Waals surface area contributed by atoms with Gasteiger partial charge in [-0.05, 0) is 31.2 Å². The second-order valence-electron chi connectivity index (χ2n) is 4.71. The lowest BCUT2D eigenvalue weighted by molar-refractivity contribution is 0.0601. The fourth-order valence-electron chi connectivity index (χ4n) is 1.82. The molecule has 0 atom stereocenters. The van der Waals surface area contributed by atoms with E-state index in [2.05, 4.69) is 15.0 Å². The third-order valence-corrected chi connectivity index (χ3v) is 3.79. The first-order valence-electron chi connectivity index (χ1n) is 6.61. The molecule has 1 aromatic carbocycles. The molecule has 1 heterocycles. The molecule has 1 aromatic heterocycles. The van der Waals surface area contributed by atoms with Crippen molar-refractivity contribution >= 4 is 29.0 Å². The summed E-state index contributed by atoms with van der Waals surface area (Å²) in [7, 11) is 3.03. The van der Waals surface area contributed by atoms with Crippen LogP contribution in [0.5, 0.6) is 0 Å². The normalized spacial score (nSPS) is 10.1. The Bertz CT molecular complexity index is 667. The van der Waals surface area contributed by atoms with Crippen LogP contribution in [0.4, 0.5) is 10.5 Å². The van der Waals surface area contributed by atoms with Crippen LogP contribution >= 0.6 is 11.3 Å². The first-order valence-corrected chi connectivity index (χ1v) is 7.49. The molecule has 0 unspecified atom stereocenters. The Morgan fingerprint density at radius 2 is 2.00 bits per heavy atom. The Balaban J connectivity index is 1.94. The zero-order valence-corrected chi connectivity index (χ0v) is 13.4. The second kappa shape index (κ2) is 7.04. The van der Waals surface area contributed by atoms with Crippen LogP contribution in [0.1, 0.15) is 21.1 Å². The van der Waals surface area contributed by atoms with Crippen LogP contribution in [0, 0.1) is 6.92 Å². The number of carbonyl (C=O) groups excluding carboxylic acids is 2. The van der Waals surface area contributed by atoms with Crippen LogP contribution in [0.2, 0.25) is 0 Å². The minimum atomic E-state index is -0.408. The van der Waals surface area contributed by atoms with Crippen molar-refractivity contribution in [3.8, 4) is 0 Å². The number of rotatable bonds is 4. The van der Waals surface area contributed by atoms with Crippen molar-refractivity contribution in [2.45, 2.75) is 13.5 Å². The number of nitrogens with zero attached hydrogens (tertiary/aromatic N) is 2. The molecule has 0 fully saturated rings. The Morgan fingerprint density at radius 3 is 2.55 bits per heavy atom. The van der Waals surface area contributed by atoms with Gasteiger partial charge < -0.3 is 15.0 Å². The number of aryl methyl sites for hydroxylation is 1. The minimum Gasteiger partial charge on any atom is -0.465 e. The highest BCUT2D eigenvalue weighted by molar-refractivity contribution is 7.09. The molecular weight excluding hydrogens is 302 g/mol. The molecule has 2 rings (SSSR count). The molecule has 116 valence electrons. The highest BCUT2D eigenvalue weighted by atomic mass is 32.1. The summed E-state index contributed by atoms with van der Waals surface area (Å²) >= 11 is 1.56. The van der Waals surface area contributed by atoms with Gasteiger partial charge in [0.05, 0.1) is 29.9 Å². The van der Waals surface area contributed by atoms with Gasteiger partial charge in [-0.3, -0.25) is 0 Å². The standard InChI is InChI=1S/C15H17N3O3S/c1-10-16-13(9-22-10)8-18(2)15(20)17-12-6-4-11(5-7-12)14(19)21-3/h4-7,9H,8H2,1-3H3,(H,17,20). The number of nitrogens with one attached hydrogen (secondary N) is 1. The number of thiazole rings is 1. The van der Waals surface area contributed by atoms with Gasteiger partial charge in [0.1, 0.15) is 0 Å². The van der Waals surface area contributed by atoms with E-state index in [4.69, 9.17) is 0 Å². The molecule has 0 aliphatic heterocycles. The van der Waals surface area contributed by atoms with E-state index < -0.39 is 5.97 Å². The van der Waals surface area contributed by atoms with Crippen LogP contribution in [-0.4, -0.2) is 36.0 Å². The third-order valence-electron chi connectivity index (χ3n) is 2.97. The molecule has 6 nitrogen and oxygen atoms in total. The molecule has 22 heavy (non-hydrogen) atoms. The van der Waals surface area contributed by atoms with E-state index in [1.165, 1.54) is 7.11 Å². The Kier molecular flexibility index (Phi) is 5.11.